The molecule has 3 heteroatoms. The minimum atomic E-state index is 0.567. The lowest BCUT2D eigenvalue weighted by Gasteiger charge is -2.01. The predicted octanol–water partition coefficient (Wildman–Crippen LogP) is 3.11. The molecular formula is C7H7BrClN. The van der Waals surface area contributed by atoms with E-state index in [2.05, 4.69) is 20.9 Å². The monoisotopic (exact) mass is 219 g/mol. The summed E-state index contributed by atoms with van der Waals surface area (Å²) < 4.78 is 1.05. The number of rotatable bonds is 0. The van der Waals surface area contributed by atoms with Crippen molar-refractivity contribution < 1.29 is 0 Å². The lowest BCUT2D eigenvalue weighted by molar-refractivity contribution is 1.20. The molecule has 10 heavy (non-hydrogen) atoms. The standard InChI is InChI=1S/C7H7BrClN/c1-4-3-10-7(9)5(2)6(4)8/h3H,1-2H3. The van der Waals surface area contributed by atoms with E-state index < -0.39 is 0 Å². The van der Waals surface area contributed by atoms with Crippen LogP contribution in [0.15, 0.2) is 10.7 Å². The number of nitrogens with zero attached hydrogens (tertiary/aromatic N) is 1. The summed E-state index contributed by atoms with van der Waals surface area (Å²) in [4.78, 5) is 3.97. The van der Waals surface area contributed by atoms with Crippen molar-refractivity contribution in [2.45, 2.75) is 13.8 Å². The molecule has 0 amide bonds. The molecule has 0 radical (unpaired) electrons. The van der Waals surface area contributed by atoms with Crippen LogP contribution in [0.3, 0.4) is 0 Å². The zero-order valence-corrected chi connectivity index (χ0v) is 8.12. The Morgan fingerprint density at radius 3 is 2.60 bits per heavy atom. The third-order valence-electron chi connectivity index (χ3n) is 1.36. The Morgan fingerprint density at radius 1 is 1.50 bits per heavy atom. The second kappa shape index (κ2) is 2.89. The summed E-state index contributed by atoms with van der Waals surface area (Å²) in [6.45, 7) is 3.92. The molecule has 0 aliphatic carbocycles. The summed E-state index contributed by atoms with van der Waals surface area (Å²) in [5, 5.41) is 0.567. The van der Waals surface area contributed by atoms with Gasteiger partial charge in [0.25, 0.3) is 0 Å². The van der Waals surface area contributed by atoms with Gasteiger partial charge < -0.3 is 0 Å². The van der Waals surface area contributed by atoms with E-state index >= 15 is 0 Å². The fraction of sp³-hybridized carbons (Fsp3) is 0.286. The molecule has 1 rings (SSSR count). The number of pyridine rings is 1. The molecule has 0 saturated carbocycles. The summed E-state index contributed by atoms with van der Waals surface area (Å²) in [5.41, 5.74) is 2.11. The van der Waals surface area contributed by atoms with Crippen molar-refractivity contribution in [1.82, 2.24) is 4.98 Å². The van der Waals surface area contributed by atoms with E-state index in [1.54, 1.807) is 6.20 Å². The summed E-state index contributed by atoms with van der Waals surface area (Å²) >= 11 is 9.15. The summed E-state index contributed by atoms with van der Waals surface area (Å²) in [6, 6.07) is 0. The van der Waals surface area contributed by atoms with Crippen LogP contribution in [0.5, 0.6) is 0 Å². The zero-order valence-electron chi connectivity index (χ0n) is 5.78. The first kappa shape index (κ1) is 8.02. The normalized spacial score (nSPS) is 10.0. The smallest absolute Gasteiger partial charge is 0.133 e. The fourth-order valence-corrected chi connectivity index (χ4v) is 1.24. The number of aromatic nitrogens is 1. The van der Waals surface area contributed by atoms with Crippen molar-refractivity contribution >= 4 is 27.5 Å². The Balaban J connectivity index is 3.34. The summed E-state index contributed by atoms with van der Waals surface area (Å²) in [5.74, 6) is 0. The number of halogens is 2. The Hall–Kier alpha value is -0.0800. The van der Waals surface area contributed by atoms with Crippen LogP contribution in [0.25, 0.3) is 0 Å². The summed E-state index contributed by atoms with van der Waals surface area (Å²) in [7, 11) is 0. The van der Waals surface area contributed by atoms with Crippen LogP contribution in [0.2, 0.25) is 5.15 Å². The first-order valence-corrected chi connectivity index (χ1v) is 4.07. The minimum Gasteiger partial charge on any atom is -0.244 e. The average molecular weight is 220 g/mol. The highest BCUT2D eigenvalue weighted by Crippen LogP contribution is 2.24. The fourth-order valence-electron chi connectivity index (χ4n) is 0.693. The molecule has 0 aromatic carbocycles. The number of hydrogen-bond acceptors (Lipinski definition) is 1. The van der Waals surface area contributed by atoms with Gasteiger partial charge in [0.15, 0.2) is 0 Å². The molecule has 0 unspecified atom stereocenters. The van der Waals surface area contributed by atoms with Crippen LogP contribution in [-0.2, 0) is 0 Å². The van der Waals surface area contributed by atoms with Gasteiger partial charge in [-0.3, -0.25) is 0 Å². The number of aryl methyl sites for hydroxylation is 1. The SMILES string of the molecule is Cc1cnc(Cl)c(C)c1Br. The number of hydrogen-bond donors (Lipinski definition) is 0. The molecule has 0 fully saturated rings. The van der Waals surface area contributed by atoms with E-state index in [9.17, 15) is 0 Å². The topological polar surface area (TPSA) is 12.9 Å². The molecule has 0 atom stereocenters. The van der Waals surface area contributed by atoms with Crippen molar-refractivity contribution in [2.24, 2.45) is 0 Å². The van der Waals surface area contributed by atoms with Crippen molar-refractivity contribution in [3.63, 3.8) is 0 Å². The van der Waals surface area contributed by atoms with Crippen molar-refractivity contribution in [3.05, 3.63) is 26.9 Å². The predicted molar refractivity (Wildman–Crippen MR) is 46.4 cm³/mol. The van der Waals surface area contributed by atoms with E-state index in [4.69, 9.17) is 11.6 Å². The van der Waals surface area contributed by atoms with Gasteiger partial charge in [0, 0.05) is 16.2 Å². The third-order valence-corrected chi connectivity index (χ3v) is 2.96. The molecule has 54 valence electrons. The summed E-state index contributed by atoms with van der Waals surface area (Å²) in [6.07, 6.45) is 1.75. The quantitative estimate of drug-likeness (QED) is 0.612. The molecule has 1 nitrogen and oxygen atoms in total. The third kappa shape index (κ3) is 1.32. The van der Waals surface area contributed by atoms with E-state index in [1.165, 1.54) is 0 Å². The van der Waals surface area contributed by atoms with Crippen LogP contribution >= 0.6 is 27.5 Å². The van der Waals surface area contributed by atoms with Gasteiger partial charge in [0.05, 0.1) is 0 Å². The highest BCUT2D eigenvalue weighted by Gasteiger charge is 2.02. The van der Waals surface area contributed by atoms with Crippen molar-refractivity contribution in [1.29, 1.82) is 0 Å². The molecule has 0 bridgehead atoms. The molecule has 0 aliphatic heterocycles. The largest absolute Gasteiger partial charge is 0.244 e. The molecule has 0 aliphatic rings. The Morgan fingerprint density at radius 2 is 2.10 bits per heavy atom. The lowest BCUT2D eigenvalue weighted by Crippen LogP contribution is -1.85. The molecule has 0 saturated heterocycles. The van der Waals surface area contributed by atoms with Crippen molar-refractivity contribution in [3.8, 4) is 0 Å². The van der Waals surface area contributed by atoms with Gasteiger partial charge in [-0.05, 0) is 19.4 Å². The molecule has 0 N–H and O–H groups in total. The second-order valence-corrected chi connectivity index (χ2v) is 3.32. The Bertz CT molecular complexity index is 233. The average Bonchev–Trinajstić information content (AvgIpc) is 1.93. The first-order chi connectivity index (χ1) is 4.63. The van der Waals surface area contributed by atoms with Crippen LogP contribution in [0, 0.1) is 13.8 Å². The maximum absolute atomic E-state index is 5.74. The highest BCUT2D eigenvalue weighted by molar-refractivity contribution is 9.10. The van der Waals surface area contributed by atoms with Crippen molar-refractivity contribution in [2.75, 3.05) is 0 Å². The van der Waals surface area contributed by atoms with Crippen LogP contribution in [0.1, 0.15) is 11.1 Å². The van der Waals surface area contributed by atoms with Gasteiger partial charge in [0.1, 0.15) is 5.15 Å². The zero-order chi connectivity index (χ0) is 7.72. The van der Waals surface area contributed by atoms with E-state index in [0.29, 0.717) is 5.15 Å². The highest BCUT2D eigenvalue weighted by atomic mass is 79.9. The Labute approximate surface area is 73.6 Å². The minimum absolute atomic E-state index is 0.567. The lowest BCUT2D eigenvalue weighted by atomic mass is 10.2. The Kier molecular flexibility index (Phi) is 2.32. The van der Waals surface area contributed by atoms with Gasteiger partial charge in [-0.2, -0.15) is 0 Å². The molecule has 1 aromatic heterocycles. The van der Waals surface area contributed by atoms with Gasteiger partial charge in [-0.25, -0.2) is 4.98 Å². The van der Waals surface area contributed by atoms with E-state index in [-0.39, 0.29) is 0 Å². The molecular weight excluding hydrogens is 213 g/mol. The molecule has 1 aromatic rings. The maximum Gasteiger partial charge on any atom is 0.133 e. The van der Waals surface area contributed by atoms with E-state index in [0.717, 1.165) is 15.6 Å². The van der Waals surface area contributed by atoms with Gasteiger partial charge in [0.2, 0.25) is 0 Å². The van der Waals surface area contributed by atoms with Crippen LogP contribution in [-0.4, -0.2) is 4.98 Å². The second-order valence-electron chi connectivity index (χ2n) is 2.17. The van der Waals surface area contributed by atoms with Crippen LogP contribution < -0.4 is 0 Å². The van der Waals surface area contributed by atoms with E-state index in [1.807, 2.05) is 13.8 Å². The van der Waals surface area contributed by atoms with Gasteiger partial charge >= 0.3 is 0 Å². The first-order valence-electron chi connectivity index (χ1n) is 2.90. The maximum atomic E-state index is 5.74. The molecule has 1 heterocycles. The molecule has 0 spiro atoms. The van der Waals surface area contributed by atoms with Gasteiger partial charge in [-0.1, -0.05) is 27.5 Å². The van der Waals surface area contributed by atoms with Gasteiger partial charge in [-0.15, -0.1) is 0 Å². The van der Waals surface area contributed by atoms with Crippen LogP contribution in [0.4, 0.5) is 0 Å².